The van der Waals surface area contributed by atoms with Gasteiger partial charge in [-0.1, -0.05) is 0 Å². The quantitative estimate of drug-likeness (QED) is 0.818. The Morgan fingerprint density at radius 2 is 2.35 bits per heavy atom. The van der Waals surface area contributed by atoms with Gasteiger partial charge in [-0.05, 0) is 43.7 Å². The molecule has 0 saturated carbocycles. The van der Waals surface area contributed by atoms with Gasteiger partial charge in [-0.2, -0.15) is 0 Å². The molecule has 0 amide bonds. The maximum Gasteiger partial charge on any atom is 0.124 e. The maximum absolute atomic E-state index is 13.4. The summed E-state index contributed by atoms with van der Waals surface area (Å²) in [6.07, 6.45) is 2.63. The number of hydrogen-bond donors (Lipinski definition) is 1. The van der Waals surface area contributed by atoms with Crippen molar-refractivity contribution in [3.63, 3.8) is 0 Å². The number of rotatable bonds is 5. The normalized spacial score (nSPS) is 19.8. The van der Waals surface area contributed by atoms with Crippen LogP contribution in [-0.4, -0.2) is 25.5 Å². The highest BCUT2D eigenvalue weighted by Gasteiger charge is 2.15. The van der Waals surface area contributed by atoms with E-state index in [0.717, 1.165) is 35.7 Å². The first-order chi connectivity index (χ1) is 8.28. The van der Waals surface area contributed by atoms with Crippen molar-refractivity contribution in [2.75, 3.05) is 19.4 Å². The van der Waals surface area contributed by atoms with E-state index in [1.54, 1.807) is 23.9 Å². The van der Waals surface area contributed by atoms with Crippen LogP contribution in [0.25, 0.3) is 0 Å². The predicted octanol–water partition coefficient (Wildman–Crippen LogP) is 2.82. The van der Waals surface area contributed by atoms with Crippen molar-refractivity contribution in [2.24, 2.45) is 0 Å². The summed E-state index contributed by atoms with van der Waals surface area (Å²) in [6, 6.07) is 5.21. The summed E-state index contributed by atoms with van der Waals surface area (Å²) >= 11 is 1.68. The molecule has 1 unspecified atom stereocenters. The van der Waals surface area contributed by atoms with E-state index < -0.39 is 0 Å². The molecule has 0 spiro atoms. The average molecular weight is 255 g/mol. The molecule has 1 aromatic rings. The van der Waals surface area contributed by atoms with E-state index >= 15 is 0 Å². The fraction of sp³-hybridized carbons (Fsp3) is 0.538. The molecule has 0 radical (unpaired) electrons. The molecule has 1 atom stereocenters. The molecule has 0 aromatic heterocycles. The Labute approximate surface area is 106 Å². The van der Waals surface area contributed by atoms with Gasteiger partial charge >= 0.3 is 0 Å². The molecule has 17 heavy (non-hydrogen) atoms. The smallest absolute Gasteiger partial charge is 0.124 e. The van der Waals surface area contributed by atoms with Crippen molar-refractivity contribution in [2.45, 2.75) is 30.4 Å². The van der Waals surface area contributed by atoms with Crippen LogP contribution in [0.1, 0.15) is 18.4 Å². The number of nitrogens with one attached hydrogen (secondary N) is 1. The third kappa shape index (κ3) is 3.98. The predicted molar refractivity (Wildman–Crippen MR) is 68.9 cm³/mol. The largest absolute Gasteiger partial charge is 0.377 e. The Balaban J connectivity index is 1.94. The van der Waals surface area contributed by atoms with Crippen LogP contribution in [-0.2, 0) is 11.3 Å². The van der Waals surface area contributed by atoms with E-state index in [1.165, 1.54) is 0 Å². The molecule has 2 rings (SSSR count). The van der Waals surface area contributed by atoms with Crippen LogP contribution in [0, 0.1) is 5.82 Å². The molecule has 1 saturated heterocycles. The lowest BCUT2D eigenvalue weighted by Gasteiger charge is -2.10. The van der Waals surface area contributed by atoms with Crippen molar-refractivity contribution in [1.82, 2.24) is 5.32 Å². The maximum atomic E-state index is 13.4. The third-order valence-corrected chi connectivity index (χ3v) is 3.88. The van der Waals surface area contributed by atoms with Gasteiger partial charge in [0.15, 0.2) is 0 Å². The molecular formula is C13H18FNOS. The molecule has 94 valence electrons. The number of ether oxygens (including phenoxy) is 1. The van der Waals surface area contributed by atoms with Gasteiger partial charge in [0.2, 0.25) is 0 Å². The van der Waals surface area contributed by atoms with E-state index in [-0.39, 0.29) is 5.82 Å². The minimum atomic E-state index is -0.160. The molecule has 4 heteroatoms. The number of thioether (sulfide) groups is 1. The summed E-state index contributed by atoms with van der Waals surface area (Å²) in [4.78, 5) is 0.991. The van der Waals surface area contributed by atoms with Crippen LogP contribution in [0.15, 0.2) is 23.1 Å². The van der Waals surface area contributed by atoms with Gasteiger partial charge in [0.1, 0.15) is 5.82 Å². The van der Waals surface area contributed by atoms with Crippen molar-refractivity contribution in [3.8, 4) is 0 Å². The van der Waals surface area contributed by atoms with Gasteiger partial charge in [0, 0.05) is 23.8 Å². The first-order valence-corrected chi connectivity index (χ1v) is 6.95. The zero-order valence-corrected chi connectivity index (χ0v) is 10.9. The fourth-order valence-electron chi connectivity index (χ4n) is 1.98. The lowest BCUT2D eigenvalue weighted by Crippen LogP contribution is -2.08. The van der Waals surface area contributed by atoms with Crippen LogP contribution >= 0.6 is 11.8 Å². The Kier molecular flexibility index (Phi) is 4.83. The Bertz CT molecular complexity index is 366. The van der Waals surface area contributed by atoms with Crippen LogP contribution < -0.4 is 5.32 Å². The third-order valence-electron chi connectivity index (χ3n) is 2.77. The van der Waals surface area contributed by atoms with Crippen LogP contribution in [0.3, 0.4) is 0 Å². The molecule has 1 heterocycles. The number of hydrogen-bond acceptors (Lipinski definition) is 3. The number of benzene rings is 1. The standard InChI is InChI=1S/C13H18FNOS/c1-15-8-10-5-11(14)7-13(6-10)17-9-12-3-2-4-16-12/h5-7,12,15H,2-4,8-9H2,1H3. The fourth-order valence-corrected chi connectivity index (χ4v) is 3.05. The van der Waals surface area contributed by atoms with E-state index in [0.29, 0.717) is 12.6 Å². The van der Waals surface area contributed by atoms with Crippen LogP contribution in [0.5, 0.6) is 0 Å². The van der Waals surface area contributed by atoms with Crippen molar-refractivity contribution in [1.29, 1.82) is 0 Å². The summed E-state index contributed by atoms with van der Waals surface area (Å²) in [7, 11) is 1.87. The van der Waals surface area contributed by atoms with Crippen LogP contribution in [0.2, 0.25) is 0 Å². The summed E-state index contributed by atoms with van der Waals surface area (Å²) in [5.74, 6) is 0.759. The van der Waals surface area contributed by atoms with Crippen LogP contribution in [0.4, 0.5) is 4.39 Å². The van der Waals surface area contributed by atoms with Crippen molar-refractivity contribution in [3.05, 3.63) is 29.6 Å². The van der Waals surface area contributed by atoms with Crippen molar-refractivity contribution < 1.29 is 9.13 Å². The Hall–Kier alpha value is -0.580. The highest BCUT2D eigenvalue weighted by atomic mass is 32.2. The second-order valence-electron chi connectivity index (χ2n) is 4.27. The average Bonchev–Trinajstić information content (AvgIpc) is 2.79. The van der Waals surface area contributed by atoms with E-state index in [9.17, 15) is 4.39 Å². The highest BCUT2D eigenvalue weighted by molar-refractivity contribution is 7.99. The molecule has 0 bridgehead atoms. The molecule has 0 aliphatic carbocycles. The highest BCUT2D eigenvalue weighted by Crippen LogP contribution is 2.25. The zero-order chi connectivity index (χ0) is 12.1. The molecule has 1 fully saturated rings. The van der Waals surface area contributed by atoms with Gasteiger partial charge < -0.3 is 10.1 Å². The Morgan fingerprint density at radius 3 is 3.06 bits per heavy atom. The monoisotopic (exact) mass is 255 g/mol. The SMILES string of the molecule is CNCc1cc(F)cc(SCC2CCCO2)c1. The number of halogens is 1. The second kappa shape index (κ2) is 6.38. The Morgan fingerprint density at radius 1 is 1.47 bits per heavy atom. The first kappa shape index (κ1) is 12.9. The van der Waals surface area contributed by atoms with Gasteiger partial charge in [0.25, 0.3) is 0 Å². The molecule has 1 aliphatic rings. The van der Waals surface area contributed by atoms with E-state index in [1.807, 2.05) is 13.1 Å². The van der Waals surface area contributed by atoms with E-state index in [4.69, 9.17) is 4.74 Å². The molecule has 2 nitrogen and oxygen atoms in total. The summed E-state index contributed by atoms with van der Waals surface area (Å²) < 4.78 is 18.9. The van der Waals surface area contributed by atoms with Gasteiger partial charge in [-0.15, -0.1) is 11.8 Å². The van der Waals surface area contributed by atoms with Gasteiger partial charge in [0.05, 0.1) is 6.10 Å². The second-order valence-corrected chi connectivity index (χ2v) is 5.36. The van der Waals surface area contributed by atoms with Gasteiger partial charge in [-0.3, -0.25) is 0 Å². The molecule has 1 aliphatic heterocycles. The molecule has 1 N–H and O–H groups in total. The lowest BCUT2D eigenvalue weighted by molar-refractivity contribution is 0.129. The molecular weight excluding hydrogens is 237 g/mol. The summed E-state index contributed by atoms with van der Waals surface area (Å²) in [5, 5.41) is 3.04. The summed E-state index contributed by atoms with van der Waals surface area (Å²) in [6.45, 7) is 1.57. The topological polar surface area (TPSA) is 21.3 Å². The summed E-state index contributed by atoms with van der Waals surface area (Å²) in [5.41, 5.74) is 0.988. The zero-order valence-electron chi connectivity index (χ0n) is 10.0. The molecule has 1 aromatic carbocycles. The van der Waals surface area contributed by atoms with E-state index in [2.05, 4.69) is 5.32 Å². The van der Waals surface area contributed by atoms with Crippen molar-refractivity contribution >= 4 is 11.8 Å². The minimum Gasteiger partial charge on any atom is -0.377 e. The first-order valence-electron chi connectivity index (χ1n) is 5.96. The lowest BCUT2D eigenvalue weighted by atomic mass is 10.2. The minimum absolute atomic E-state index is 0.160. The van der Waals surface area contributed by atoms with Gasteiger partial charge in [-0.25, -0.2) is 4.39 Å².